The van der Waals surface area contributed by atoms with Crippen molar-refractivity contribution < 1.29 is 4.74 Å². The molecular weight excluding hydrogens is 164 g/mol. The molecule has 0 spiro atoms. The van der Waals surface area contributed by atoms with Gasteiger partial charge in [-0.3, -0.25) is 0 Å². The maximum absolute atomic E-state index is 5.83. The Kier molecular flexibility index (Phi) is 2.10. The average molecular weight is 178 g/mol. The summed E-state index contributed by atoms with van der Waals surface area (Å²) in [5, 5.41) is 3.28. The van der Waals surface area contributed by atoms with Gasteiger partial charge in [0.25, 0.3) is 0 Å². The summed E-state index contributed by atoms with van der Waals surface area (Å²) in [7, 11) is 1.68. The number of nitrogens with one attached hydrogen (secondary N) is 1. The molecule has 0 aliphatic carbocycles. The Morgan fingerprint density at radius 1 is 1.54 bits per heavy atom. The molecule has 3 N–H and O–H groups in total. The van der Waals surface area contributed by atoms with E-state index in [1.807, 2.05) is 12.1 Å². The molecule has 0 saturated heterocycles. The predicted octanol–water partition coefficient (Wildman–Crippen LogP) is 0.990. The quantitative estimate of drug-likeness (QED) is 0.674. The zero-order valence-corrected chi connectivity index (χ0v) is 7.71. The minimum atomic E-state index is 0.237. The van der Waals surface area contributed by atoms with Gasteiger partial charge in [-0.15, -0.1) is 0 Å². The third-order valence-corrected chi connectivity index (χ3v) is 2.35. The van der Waals surface area contributed by atoms with Gasteiger partial charge in [0.05, 0.1) is 7.11 Å². The smallest absolute Gasteiger partial charge is 0.120 e. The highest BCUT2D eigenvalue weighted by atomic mass is 16.5. The fraction of sp³-hybridized carbons (Fsp3) is 0.400. The van der Waals surface area contributed by atoms with Crippen molar-refractivity contribution in [2.24, 2.45) is 5.73 Å². The van der Waals surface area contributed by atoms with Gasteiger partial charge in [0.1, 0.15) is 5.75 Å². The molecule has 0 unspecified atom stereocenters. The molecule has 1 aliphatic rings. The minimum Gasteiger partial charge on any atom is -0.497 e. The lowest BCUT2D eigenvalue weighted by atomic mass is 10.0. The van der Waals surface area contributed by atoms with Crippen molar-refractivity contribution >= 4 is 5.69 Å². The fourth-order valence-corrected chi connectivity index (χ4v) is 1.62. The molecule has 0 amide bonds. The fourth-order valence-electron chi connectivity index (χ4n) is 1.62. The summed E-state index contributed by atoms with van der Waals surface area (Å²) in [5.74, 6) is 0.890. The van der Waals surface area contributed by atoms with E-state index in [0.717, 1.165) is 24.4 Å². The van der Waals surface area contributed by atoms with E-state index in [1.165, 1.54) is 5.56 Å². The first-order valence-electron chi connectivity index (χ1n) is 4.46. The maximum atomic E-state index is 5.83. The Hall–Kier alpha value is -1.22. The summed E-state index contributed by atoms with van der Waals surface area (Å²) in [6.07, 6.45) is 0.951. The van der Waals surface area contributed by atoms with Crippen LogP contribution in [0.4, 0.5) is 5.69 Å². The summed E-state index contributed by atoms with van der Waals surface area (Å²) in [6.45, 7) is 0.847. The second-order valence-corrected chi connectivity index (χ2v) is 3.37. The van der Waals surface area contributed by atoms with Gasteiger partial charge < -0.3 is 15.8 Å². The van der Waals surface area contributed by atoms with Gasteiger partial charge in [-0.25, -0.2) is 0 Å². The Bertz CT molecular complexity index is 312. The van der Waals surface area contributed by atoms with Crippen molar-refractivity contribution in [3.63, 3.8) is 0 Å². The Labute approximate surface area is 77.9 Å². The van der Waals surface area contributed by atoms with E-state index in [1.54, 1.807) is 7.11 Å². The Morgan fingerprint density at radius 3 is 3.15 bits per heavy atom. The van der Waals surface area contributed by atoms with Gasteiger partial charge in [-0.2, -0.15) is 0 Å². The summed E-state index contributed by atoms with van der Waals surface area (Å²) in [5.41, 5.74) is 8.26. The lowest BCUT2D eigenvalue weighted by Crippen LogP contribution is -2.35. The van der Waals surface area contributed by atoms with E-state index in [4.69, 9.17) is 10.5 Å². The number of anilines is 1. The molecule has 70 valence electrons. The van der Waals surface area contributed by atoms with E-state index in [2.05, 4.69) is 11.4 Å². The molecule has 0 radical (unpaired) electrons. The Balaban J connectivity index is 2.31. The van der Waals surface area contributed by atoms with Gasteiger partial charge in [-0.05, 0) is 18.1 Å². The number of hydrogen-bond acceptors (Lipinski definition) is 3. The number of fused-ring (bicyclic) bond motifs is 1. The third kappa shape index (κ3) is 1.60. The molecule has 13 heavy (non-hydrogen) atoms. The molecule has 1 heterocycles. The van der Waals surface area contributed by atoms with Gasteiger partial charge in [0, 0.05) is 24.3 Å². The maximum Gasteiger partial charge on any atom is 0.120 e. The molecule has 3 nitrogen and oxygen atoms in total. The molecule has 2 rings (SSSR count). The topological polar surface area (TPSA) is 47.3 Å². The number of benzene rings is 1. The second-order valence-electron chi connectivity index (χ2n) is 3.37. The molecule has 0 saturated carbocycles. The molecule has 1 aliphatic heterocycles. The van der Waals surface area contributed by atoms with Crippen molar-refractivity contribution in [1.29, 1.82) is 0 Å². The zero-order valence-electron chi connectivity index (χ0n) is 7.71. The van der Waals surface area contributed by atoms with Crippen molar-refractivity contribution in [1.82, 2.24) is 0 Å². The van der Waals surface area contributed by atoms with E-state index in [9.17, 15) is 0 Å². The standard InChI is InChI=1S/C10H14N2O/c1-13-9-3-2-7-4-8(11)6-12-10(7)5-9/h2-3,5,8,12H,4,6,11H2,1H3/t8-/m1/s1. The van der Waals surface area contributed by atoms with E-state index >= 15 is 0 Å². The highest BCUT2D eigenvalue weighted by molar-refractivity contribution is 5.57. The molecule has 0 bridgehead atoms. The van der Waals surface area contributed by atoms with Gasteiger partial charge in [-0.1, -0.05) is 6.07 Å². The Morgan fingerprint density at radius 2 is 2.38 bits per heavy atom. The summed E-state index contributed by atoms with van der Waals surface area (Å²) < 4.78 is 5.14. The predicted molar refractivity (Wildman–Crippen MR) is 53.2 cm³/mol. The van der Waals surface area contributed by atoms with Crippen molar-refractivity contribution in [2.75, 3.05) is 19.0 Å². The zero-order chi connectivity index (χ0) is 9.26. The number of nitrogens with two attached hydrogens (primary N) is 1. The summed E-state index contributed by atoms with van der Waals surface area (Å²) in [6, 6.07) is 6.29. The van der Waals surface area contributed by atoms with Crippen molar-refractivity contribution in [2.45, 2.75) is 12.5 Å². The van der Waals surface area contributed by atoms with Crippen LogP contribution in [0.1, 0.15) is 5.56 Å². The van der Waals surface area contributed by atoms with E-state index in [0.29, 0.717) is 0 Å². The van der Waals surface area contributed by atoms with Crippen LogP contribution >= 0.6 is 0 Å². The lowest BCUT2D eigenvalue weighted by molar-refractivity contribution is 0.414. The SMILES string of the molecule is COc1ccc2c(c1)NC[C@H](N)C2. The van der Waals surface area contributed by atoms with Crippen LogP contribution in [-0.2, 0) is 6.42 Å². The summed E-state index contributed by atoms with van der Waals surface area (Å²) >= 11 is 0. The van der Waals surface area contributed by atoms with Crippen LogP contribution in [0.3, 0.4) is 0 Å². The molecular formula is C10H14N2O. The molecule has 1 aromatic carbocycles. The van der Waals surface area contributed by atoms with Crippen molar-refractivity contribution in [3.05, 3.63) is 23.8 Å². The summed E-state index contributed by atoms with van der Waals surface area (Å²) in [4.78, 5) is 0. The first kappa shape index (κ1) is 8.38. The monoisotopic (exact) mass is 178 g/mol. The normalized spacial score (nSPS) is 20.3. The van der Waals surface area contributed by atoms with Crippen LogP contribution in [0, 0.1) is 0 Å². The van der Waals surface area contributed by atoms with Crippen LogP contribution < -0.4 is 15.8 Å². The van der Waals surface area contributed by atoms with Crippen molar-refractivity contribution in [3.8, 4) is 5.75 Å². The molecule has 0 aromatic heterocycles. The van der Waals surface area contributed by atoms with Gasteiger partial charge in [0.15, 0.2) is 0 Å². The minimum absolute atomic E-state index is 0.237. The molecule has 1 atom stereocenters. The van der Waals surface area contributed by atoms with Crippen LogP contribution in [0.25, 0.3) is 0 Å². The number of ether oxygens (including phenoxy) is 1. The first-order valence-corrected chi connectivity index (χ1v) is 4.46. The average Bonchev–Trinajstić information content (AvgIpc) is 2.17. The molecule has 3 heteroatoms. The number of hydrogen-bond donors (Lipinski definition) is 2. The molecule has 1 aromatic rings. The van der Waals surface area contributed by atoms with E-state index in [-0.39, 0.29) is 6.04 Å². The van der Waals surface area contributed by atoms with Crippen LogP contribution in [0.5, 0.6) is 5.75 Å². The number of methoxy groups -OCH3 is 1. The van der Waals surface area contributed by atoms with Crippen LogP contribution in [0.2, 0.25) is 0 Å². The second kappa shape index (κ2) is 3.26. The highest BCUT2D eigenvalue weighted by Gasteiger charge is 2.14. The molecule has 0 fully saturated rings. The largest absolute Gasteiger partial charge is 0.497 e. The van der Waals surface area contributed by atoms with Crippen LogP contribution in [-0.4, -0.2) is 19.7 Å². The lowest BCUT2D eigenvalue weighted by Gasteiger charge is -2.23. The number of rotatable bonds is 1. The third-order valence-electron chi connectivity index (χ3n) is 2.35. The van der Waals surface area contributed by atoms with E-state index < -0.39 is 0 Å². The van der Waals surface area contributed by atoms with Crippen LogP contribution in [0.15, 0.2) is 18.2 Å². The van der Waals surface area contributed by atoms with Gasteiger partial charge in [0.2, 0.25) is 0 Å². The first-order chi connectivity index (χ1) is 6.29. The highest BCUT2D eigenvalue weighted by Crippen LogP contribution is 2.25. The van der Waals surface area contributed by atoms with Gasteiger partial charge >= 0.3 is 0 Å².